The summed E-state index contributed by atoms with van der Waals surface area (Å²) in [6.07, 6.45) is 2.11. The van der Waals surface area contributed by atoms with Crippen molar-refractivity contribution in [3.05, 3.63) is 88.8 Å². The SMILES string of the molecule is Cc1ccc(Cn2ccc3cc(-c4cc(Cl)nc(C#N)c4)ccc32)cc1. The van der Waals surface area contributed by atoms with Crippen LogP contribution in [0.2, 0.25) is 5.15 Å². The van der Waals surface area contributed by atoms with Crippen LogP contribution >= 0.6 is 11.6 Å². The molecule has 0 aliphatic carbocycles. The Morgan fingerprint density at radius 3 is 2.58 bits per heavy atom. The summed E-state index contributed by atoms with van der Waals surface area (Å²) in [4.78, 5) is 4.00. The lowest BCUT2D eigenvalue weighted by Gasteiger charge is -2.08. The van der Waals surface area contributed by atoms with E-state index in [-0.39, 0.29) is 0 Å². The third-order valence-corrected chi connectivity index (χ3v) is 4.68. The van der Waals surface area contributed by atoms with Crippen molar-refractivity contribution in [2.24, 2.45) is 0 Å². The Bertz CT molecular complexity index is 1130. The first-order valence-electron chi connectivity index (χ1n) is 8.35. The van der Waals surface area contributed by atoms with E-state index in [2.05, 4.69) is 77.3 Å². The van der Waals surface area contributed by atoms with Gasteiger partial charge in [0.25, 0.3) is 0 Å². The molecule has 0 aliphatic rings. The second kappa shape index (κ2) is 6.67. The standard InChI is InChI=1S/C22H16ClN3/c1-15-2-4-16(5-3-15)14-26-9-8-18-10-17(6-7-21(18)26)19-11-20(13-24)25-22(23)12-19/h2-12H,14H2,1H3. The van der Waals surface area contributed by atoms with Crippen LogP contribution in [-0.2, 0) is 6.54 Å². The Balaban J connectivity index is 1.70. The summed E-state index contributed by atoms with van der Waals surface area (Å²) in [5.74, 6) is 0. The topological polar surface area (TPSA) is 41.6 Å². The maximum atomic E-state index is 9.09. The smallest absolute Gasteiger partial charge is 0.142 e. The molecule has 0 N–H and O–H groups in total. The number of hydrogen-bond acceptors (Lipinski definition) is 2. The Morgan fingerprint density at radius 2 is 1.81 bits per heavy atom. The van der Waals surface area contributed by atoms with Crippen LogP contribution in [0.1, 0.15) is 16.8 Å². The van der Waals surface area contributed by atoms with Gasteiger partial charge in [-0.15, -0.1) is 0 Å². The number of aromatic nitrogens is 2. The average Bonchev–Trinajstić information content (AvgIpc) is 3.05. The summed E-state index contributed by atoms with van der Waals surface area (Å²) in [5.41, 5.74) is 5.96. The van der Waals surface area contributed by atoms with Crippen LogP contribution < -0.4 is 0 Å². The van der Waals surface area contributed by atoms with Gasteiger partial charge in [0, 0.05) is 23.6 Å². The van der Waals surface area contributed by atoms with Crippen molar-refractivity contribution in [2.75, 3.05) is 0 Å². The first-order valence-corrected chi connectivity index (χ1v) is 8.73. The van der Waals surface area contributed by atoms with Gasteiger partial charge in [-0.3, -0.25) is 0 Å². The van der Waals surface area contributed by atoms with Crippen molar-refractivity contribution in [3.63, 3.8) is 0 Å². The largest absolute Gasteiger partial charge is 0.343 e. The van der Waals surface area contributed by atoms with Gasteiger partial charge in [0.05, 0.1) is 0 Å². The highest BCUT2D eigenvalue weighted by molar-refractivity contribution is 6.29. The lowest BCUT2D eigenvalue weighted by atomic mass is 10.0. The van der Waals surface area contributed by atoms with Crippen LogP contribution in [0.25, 0.3) is 22.0 Å². The molecule has 0 atom stereocenters. The third kappa shape index (κ3) is 3.20. The zero-order valence-electron chi connectivity index (χ0n) is 14.3. The molecule has 0 spiro atoms. The summed E-state index contributed by atoms with van der Waals surface area (Å²) in [5, 5.41) is 10.6. The van der Waals surface area contributed by atoms with E-state index in [1.165, 1.54) is 16.6 Å². The molecule has 0 bridgehead atoms. The number of nitrogens with zero attached hydrogens (tertiary/aromatic N) is 3. The average molecular weight is 358 g/mol. The first kappa shape index (κ1) is 16.4. The number of pyridine rings is 1. The minimum Gasteiger partial charge on any atom is -0.343 e. The zero-order valence-corrected chi connectivity index (χ0v) is 15.0. The Hall–Kier alpha value is -3.09. The molecule has 2 aromatic carbocycles. The van der Waals surface area contributed by atoms with Crippen molar-refractivity contribution in [3.8, 4) is 17.2 Å². The van der Waals surface area contributed by atoms with E-state index < -0.39 is 0 Å². The van der Waals surface area contributed by atoms with Gasteiger partial charge in [0.1, 0.15) is 16.9 Å². The van der Waals surface area contributed by atoms with E-state index >= 15 is 0 Å². The first-order chi connectivity index (χ1) is 12.6. The van der Waals surface area contributed by atoms with E-state index in [0.29, 0.717) is 10.8 Å². The molecule has 0 radical (unpaired) electrons. The van der Waals surface area contributed by atoms with Crippen LogP contribution in [0.5, 0.6) is 0 Å². The number of halogens is 1. The molecule has 0 saturated carbocycles. The van der Waals surface area contributed by atoms with Crippen molar-refractivity contribution in [1.82, 2.24) is 9.55 Å². The summed E-state index contributed by atoms with van der Waals surface area (Å²) in [7, 11) is 0. The molecule has 0 fully saturated rings. The summed E-state index contributed by atoms with van der Waals surface area (Å²) >= 11 is 6.04. The minimum atomic E-state index is 0.324. The van der Waals surface area contributed by atoms with Gasteiger partial charge < -0.3 is 4.57 Å². The summed E-state index contributed by atoms with van der Waals surface area (Å²) < 4.78 is 2.24. The number of fused-ring (bicyclic) bond motifs is 1. The van der Waals surface area contributed by atoms with E-state index in [9.17, 15) is 0 Å². The van der Waals surface area contributed by atoms with Crippen LogP contribution in [0.3, 0.4) is 0 Å². The second-order valence-electron chi connectivity index (χ2n) is 6.38. The number of hydrogen-bond donors (Lipinski definition) is 0. The molecule has 126 valence electrons. The predicted octanol–water partition coefficient (Wildman–Crippen LogP) is 5.59. The predicted molar refractivity (Wildman–Crippen MR) is 105 cm³/mol. The number of aryl methyl sites for hydroxylation is 1. The fraction of sp³-hybridized carbons (Fsp3) is 0.0909. The molecule has 0 aliphatic heterocycles. The van der Waals surface area contributed by atoms with Gasteiger partial charge in [-0.05, 0) is 53.9 Å². The van der Waals surface area contributed by atoms with Crippen molar-refractivity contribution >= 4 is 22.5 Å². The fourth-order valence-corrected chi connectivity index (χ4v) is 3.34. The molecule has 0 unspecified atom stereocenters. The monoisotopic (exact) mass is 357 g/mol. The zero-order chi connectivity index (χ0) is 18.1. The molecule has 2 aromatic heterocycles. The molecule has 4 rings (SSSR count). The maximum Gasteiger partial charge on any atom is 0.142 e. The van der Waals surface area contributed by atoms with Gasteiger partial charge in [-0.1, -0.05) is 47.5 Å². The number of benzene rings is 2. The molecular weight excluding hydrogens is 342 g/mol. The number of rotatable bonds is 3. The Morgan fingerprint density at radius 1 is 1.00 bits per heavy atom. The van der Waals surface area contributed by atoms with E-state index in [1.807, 2.05) is 0 Å². The van der Waals surface area contributed by atoms with Crippen LogP contribution in [-0.4, -0.2) is 9.55 Å². The quantitative estimate of drug-likeness (QED) is 0.449. The molecule has 4 aromatic rings. The highest BCUT2D eigenvalue weighted by Gasteiger charge is 2.07. The lowest BCUT2D eigenvalue weighted by molar-refractivity contribution is 0.836. The van der Waals surface area contributed by atoms with E-state index in [0.717, 1.165) is 23.1 Å². The van der Waals surface area contributed by atoms with Crippen LogP contribution in [0, 0.1) is 18.3 Å². The molecule has 0 saturated heterocycles. The third-order valence-electron chi connectivity index (χ3n) is 4.49. The van der Waals surface area contributed by atoms with Gasteiger partial charge in [0.15, 0.2) is 0 Å². The molecule has 2 heterocycles. The van der Waals surface area contributed by atoms with Gasteiger partial charge in [-0.25, -0.2) is 4.98 Å². The van der Waals surface area contributed by atoms with Crippen molar-refractivity contribution in [2.45, 2.75) is 13.5 Å². The van der Waals surface area contributed by atoms with Crippen molar-refractivity contribution in [1.29, 1.82) is 5.26 Å². The Kier molecular flexibility index (Phi) is 4.20. The highest BCUT2D eigenvalue weighted by Crippen LogP contribution is 2.27. The fourth-order valence-electron chi connectivity index (χ4n) is 3.13. The second-order valence-corrected chi connectivity index (χ2v) is 6.77. The highest BCUT2D eigenvalue weighted by atomic mass is 35.5. The molecule has 4 heteroatoms. The van der Waals surface area contributed by atoms with Gasteiger partial charge >= 0.3 is 0 Å². The summed E-state index contributed by atoms with van der Waals surface area (Å²) in [6, 6.07) is 22.6. The summed E-state index contributed by atoms with van der Waals surface area (Å²) in [6.45, 7) is 2.93. The maximum absolute atomic E-state index is 9.09. The van der Waals surface area contributed by atoms with Crippen LogP contribution in [0.4, 0.5) is 0 Å². The van der Waals surface area contributed by atoms with Gasteiger partial charge in [0.2, 0.25) is 0 Å². The van der Waals surface area contributed by atoms with Gasteiger partial charge in [-0.2, -0.15) is 5.26 Å². The Labute approximate surface area is 157 Å². The molecule has 26 heavy (non-hydrogen) atoms. The number of nitriles is 1. The lowest BCUT2D eigenvalue weighted by Crippen LogP contribution is -1.97. The molecular formula is C22H16ClN3. The molecule has 3 nitrogen and oxygen atoms in total. The minimum absolute atomic E-state index is 0.324. The molecule has 0 amide bonds. The van der Waals surface area contributed by atoms with E-state index in [4.69, 9.17) is 16.9 Å². The van der Waals surface area contributed by atoms with Crippen LogP contribution in [0.15, 0.2) is 66.9 Å². The van der Waals surface area contributed by atoms with E-state index in [1.54, 1.807) is 12.1 Å². The van der Waals surface area contributed by atoms with Crippen molar-refractivity contribution < 1.29 is 0 Å². The normalized spacial score (nSPS) is 10.8.